The second kappa shape index (κ2) is 8.61. The van der Waals surface area contributed by atoms with Gasteiger partial charge in [-0.25, -0.2) is 0 Å². The van der Waals surface area contributed by atoms with Gasteiger partial charge in [0.05, 0.1) is 19.3 Å². The van der Waals surface area contributed by atoms with Gasteiger partial charge < -0.3 is 13.6 Å². The quantitative estimate of drug-likeness (QED) is 0.517. The Balaban J connectivity index is 1.87. The highest BCUT2D eigenvalue weighted by atomic mass is 31.2. The fourth-order valence-corrected chi connectivity index (χ4v) is 5.35. The van der Waals surface area contributed by atoms with E-state index in [-0.39, 0.29) is 5.41 Å². The van der Waals surface area contributed by atoms with Gasteiger partial charge in [0.2, 0.25) is 0 Å². The lowest BCUT2D eigenvalue weighted by Crippen LogP contribution is -2.38. The van der Waals surface area contributed by atoms with Gasteiger partial charge in [-0.3, -0.25) is 0 Å². The zero-order chi connectivity index (χ0) is 16.9. The summed E-state index contributed by atoms with van der Waals surface area (Å²) in [6.07, 6.45) is 10.2. The average molecular weight is 344 g/mol. The minimum atomic E-state index is -1.15. The van der Waals surface area contributed by atoms with Crippen molar-refractivity contribution in [3.8, 4) is 0 Å². The molecular formula is C19H37O3P. The third-order valence-corrected chi connectivity index (χ3v) is 6.92. The first-order chi connectivity index (χ1) is 10.9. The Morgan fingerprint density at radius 2 is 1.74 bits per heavy atom. The molecule has 2 aliphatic rings. The maximum absolute atomic E-state index is 6.33. The van der Waals surface area contributed by atoms with Gasteiger partial charge in [-0.05, 0) is 37.0 Å². The van der Waals surface area contributed by atoms with Crippen LogP contribution in [0.5, 0.6) is 0 Å². The van der Waals surface area contributed by atoms with Crippen LogP contribution in [0, 0.1) is 16.7 Å². The van der Waals surface area contributed by atoms with E-state index in [0.717, 1.165) is 26.1 Å². The van der Waals surface area contributed by atoms with Gasteiger partial charge >= 0.3 is 8.60 Å². The van der Waals surface area contributed by atoms with Crippen molar-refractivity contribution < 1.29 is 13.6 Å². The van der Waals surface area contributed by atoms with E-state index in [2.05, 4.69) is 34.6 Å². The lowest BCUT2D eigenvalue weighted by molar-refractivity contribution is -0.0374. The molecule has 1 saturated carbocycles. The molecule has 1 aliphatic carbocycles. The van der Waals surface area contributed by atoms with Crippen molar-refractivity contribution >= 4 is 8.60 Å². The Hall–Kier alpha value is 0.310. The first-order valence-electron chi connectivity index (χ1n) is 9.63. The van der Waals surface area contributed by atoms with Crippen molar-refractivity contribution in [3.05, 3.63) is 0 Å². The molecule has 0 aromatic heterocycles. The Morgan fingerprint density at radius 3 is 2.30 bits per heavy atom. The second-order valence-electron chi connectivity index (χ2n) is 8.63. The summed E-state index contributed by atoms with van der Waals surface area (Å²) in [4.78, 5) is 0. The maximum Gasteiger partial charge on any atom is 0.332 e. The van der Waals surface area contributed by atoms with Gasteiger partial charge in [0.25, 0.3) is 0 Å². The SMILES string of the molecule is CCCCC1(CC)COP(OC2CCCCC2C(C)(C)C)OC1. The Kier molecular flexibility index (Phi) is 7.35. The molecule has 4 heteroatoms. The molecule has 0 N–H and O–H groups in total. The first kappa shape index (κ1) is 19.6. The maximum atomic E-state index is 6.33. The molecule has 0 spiro atoms. The Labute approximate surface area is 144 Å². The first-order valence-corrected chi connectivity index (χ1v) is 10.7. The third kappa shape index (κ3) is 5.39. The third-order valence-electron chi connectivity index (χ3n) is 5.80. The zero-order valence-electron chi connectivity index (χ0n) is 15.9. The summed E-state index contributed by atoms with van der Waals surface area (Å²) in [6.45, 7) is 13.1. The highest BCUT2D eigenvalue weighted by molar-refractivity contribution is 7.41. The van der Waals surface area contributed by atoms with Gasteiger partial charge in [-0.15, -0.1) is 0 Å². The summed E-state index contributed by atoms with van der Waals surface area (Å²) < 4.78 is 18.5. The van der Waals surface area contributed by atoms with Crippen molar-refractivity contribution in [2.45, 2.75) is 92.1 Å². The van der Waals surface area contributed by atoms with Gasteiger partial charge in [0.1, 0.15) is 0 Å². The van der Waals surface area contributed by atoms with Crippen LogP contribution < -0.4 is 0 Å². The van der Waals surface area contributed by atoms with Gasteiger partial charge in [-0.1, -0.05) is 60.3 Å². The molecule has 1 aliphatic heterocycles. The normalized spacial score (nSPS) is 36.1. The predicted octanol–water partition coefficient (Wildman–Crippen LogP) is 6.47. The fourth-order valence-electron chi connectivity index (χ4n) is 3.92. The molecule has 0 aromatic rings. The van der Waals surface area contributed by atoms with E-state index in [9.17, 15) is 0 Å². The molecule has 0 bridgehead atoms. The van der Waals surface area contributed by atoms with Crippen molar-refractivity contribution in [2.24, 2.45) is 16.7 Å². The lowest BCUT2D eigenvalue weighted by Gasteiger charge is -2.43. The van der Waals surface area contributed by atoms with E-state index in [0.29, 0.717) is 17.4 Å². The van der Waals surface area contributed by atoms with Crippen LogP contribution in [0.1, 0.15) is 86.0 Å². The lowest BCUT2D eigenvalue weighted by atomic mass is 9.71. The van der Waals surface area contributed by atoms with E-state index >= 15 is 0 Å². The van der Waals surface area contributed by atoms with E-state index in [1.54, 1.807) is 0 Å². The smallest absolute Gasteiger partial charge is 0.312 e. The van der Waals surface area contributed by atoms with Crippen molar-refractivity contribution in [1.29, 1.82) is 0 Å². The van der Waals surface area contributed by atoms with Crippen molar-refractivity contribution in [1.82, 2.24) is 0 Å². The Morgan fingerprint density at radius 1 is 1.09 bits per heavy atom. The van der Waals surface area contributed by atoms with Crippen LogP contribution in [-0.4, -0.2) is 19.3 Å². The number of rotatable bonds is 6. The summed E-state index contributed by atoms with van der Waals surface area (Å²) in [5, 5.41) is 0. The molecule has 2 atom stereocenters. The van der Waals surface area contributed by atoms with Gasteiger partial charge in [-0.2, -0.15) is 0 Å². The van der Waals surface area contributed by atoms with Gasteiger partial charge in [0, 0.05) is 5.41 Å². The average Bonchev–Trinajstić information content (AvgIpc) is 2.54. The van der Waals surface area contributed by atoms with Crippen molar-refractivity contribution in [2.75, 3.05) is 13.2 Å². The number of hydrogen-bond donors (Lipinski definition) is 0. The van der Waals surface area contributed by atoms with E-state index in [1.165, 1.54) is 38.5 Å². The summed E-state index contributed by atoms with van der Waals surface area (Å²) in [5.74, 6) is 0.615. The number of hydrogen-bond acceptors (Lipinski definition) is 3. The molecule has 23 heavy (non-hydrogen) atoms. The van der Waals surface area contributed by atoms with Crippen LogP contribution in [0.25, 0.3) is 0 Å². The van der Waals surface area contributed by atoms with Crippen molar-refractivity contribution in [3.63, 3.8) is 0 Å². The minimum Gasteiger partial charge on any atom is -0.312 e. The minimum absolute atomic E-state index is 0.216. The van der Waals surface area contributed by atoms with Crippen LogP contribution in [0.15, 0.2) is 0 Å². The molecule has 2 fully saturated rings. The molecule has 0 radical (unpaired) electrons. The summed E-state index contributed by atoms with van der Waals surface area (Å²) in [6, 6.07) is 0. The molecule has 2 unspecified atom stereocenters. The molecule has 2 rings (SSSR count). The predicted molar refractivity (Wildman–Crippen MR) is 97.4 cm³/mol. The van der Waals surface area contributed by atoms with Crippen LogP contribution in [-0.2, 0) is 13.6 Å². The molecule has 3 nitrogen and oxygen atoms in total. The molecular weight excluding hydrogens is 307 g/mol. The highest BCUT2D eigenvalue weighted by Gasteiger charge is 2.41. The van der Waals surface area contributed by atoms with Crippen LogP contribution in [0.3, 0.4) is 0 Å². The number of unbranched alkanes of at least 4 members (excludes halogenated alkanes) is 1. The van der Waals surface area contributed by atoms with Crippen LogP contribution in [0.4, 0.5) is 0 Å². The van der Waals surface area contributed by atoms with Crippen LogP contribution in [0.2, 0.25) is 0 Å². The standard InChI is InChI=1S/C19H37O3P/c1-6-8-13-19(7-2)14-20-23(21-15-19)22-17-12-10-9-11-16(17)18(3,4)5/h16-17H,6-15H2,1-5H3. The van der Waals surface area contributed by atoms with E-state index in [4.69, 9.17) is 13.6 Å². The molecule has 1 saturated heterocycles. The van der Waals surface area contributed by atoms with E-state index in [1.807, 2.05) is 0 Å². The molecule has 136 valence electrons. The highest BCUT2D eigenvalue weighted by Crippen LogP contribution is 2.53. The zero-order valence-corrected chi connectivity index (χ0v) is 16.8. The molecule has 0 amide bonds. The summed E-state index contributed by atoms with van der Waals surface area (Å²) in [7, 11) is -1.15. The fraction of sp³-hybridized carbons (Fsp3) is 1.00. The largest absolute Gasteiger partial charge is 0.332 e. The Bertz CT molecular complexity index is 345. The van der Waals surface area contributed by atoms with E-state index < -0.39 is 8.60 Å². The molecule has 1 heterocycles. The van der Waals surface area contributed by atoms with Gasteiger partial charge in [0.15, 0.2) is 0 Å². The second-order valence-corrected chi connectivity index (χ2v) is 9.80. The summed E-state index contributed by atoms with van der Waals surface area (Å²) in [5.41, 5.74) is 0.513. The topological polar surface area (TPSA) is 27.7 Å². The van der Waals surface area contributed by atoms with Crippen LogP contribution >= 0.6 is 8.60 Å². The summed E-state index contributed by atoms with van der Waals surface area (Å²) >= 11 is 0. The molecule has 0 aromatic carbocycles. The monoisotopic (exact) mass is 344 g/mol.